The molecule has 0 fully saturated rings. The molecule has 2 nitrogen and oxygen atoms in total. The molecule has 0 bridgehead atoms. The number of nitrogens with one attached hydrogen (secondary N) is 1. The molecule has 0 amide bonds. The van der Waals surface area contributed by atoms with Crippen LogP contribution in [0.1, 0.15) is 32.9 Å². The molecule has 3 heteroatoms. The van der Waals surface area contributed by atoms with Crippen molar-refractivity contribution in [2.24, 2.45) is 0 Å². The van der Waals surface area contributed by atoms with E-state index in [-0.39, 0.29) is 5.78 Å². The third kappa shape index (κ3) is 2.34. The average Bonchev–Trinajstić information content (AvgIpc) is 2.60. The van der Waals surface area contributed by atoms with E-state index in [4.69, 9.17) is 11.6 Å². The highest BCUT2D eigenvalue weighted by molar-refractivity contribution is 6.31. The van der Waals surface area contributed by atoms with Gasteiger partial charge >= 0.3 is 0 Å². The Kier molecular flexibility index (Phi) is 3.58. The predicted molar refractivity (Wildman–Crippen MR) is 74.5 cm³/mol. The quantitative estimate of drug-likeness (QED) is 0.832. The molecule has 1 heterocycles. The highest BCUT2D eigenvalue weighted by Crippen LogP contribution is 2.21. The number of ketones is 1. The summed E-state index contributed by atoms with van der Waals surface area (Å²) in [7, 11) is 0. The van der Waals surface area contributed by atoms with E-state index in [1.165, 1.54) is 0 Å². The fraction of sp³-hybridized carbons (Fsp3) is 0.267. The second-order valence-electron chi connectivity index (χ2n) is 4.57. The number of aromatic nitrogens is 1. The summed E-state index contributed by atoms with van der Waals surface area (Å²) in [6, 6.07) is 7.46. The van der Waals surface area contributed by atoms with Crippen LogP contribution >= 0.6 is 11.6 Å². The number of aromatic amines is 1. The summed E-state index contributed by atoms with van der Waals surface area (Å²) < 4.78 is 0. The van der Waals surface area contributed by atoms with Crippen LogP contribution in [0, 0.1) is 20.8 Å². The fourth-order valence-electron chi connectivity index (χ4n) is 2.03. The third-order valence-corrected chi connectivity index (χ3v) is 3.77. The number of carbonyl (C=O) groups is 1. The van der Waals surface area contributed by atoms with Gasteiger partial charge in [-0.15, -0.1) is 0 Å². The molecular weight excluding hydrogens is 246 g/mol. The Morgan fingerprint density at radius 2 is 1.83 bits per heavy atom. The van der Waals surface area contributed by atoms with Crippen molar-refractivity contribution in [2.75, 3.05) is 0 Å². The number of rotatable bonds is 3. The van der Waals surface area contributed by atoms with Gasteiger partial charge in [0.25, 0.3) is 0 Å². The Balaban J connectivity index is 2.28. The van der Waals surface area contributed by atoms with Gasteiger partial charge in [0.2, 0.25) is 0 Å². The van der Waals surface area contributed by atoms with Crippen molar-refractivity contribution in [3.63, 3.8) is 0 Å². The molecule has 0 spiro atoms. The maximum atomic E-state index is 12.3. The van der Waals surface area contributed by atoms with E-state index in [0.29, 0.717) is 17.1 Å². The molecule has 94 valence electrons. The number of Topliss-reactive ketones (excluding diaryl/α,β-unsaturated/α-hetero) is 1. The van der Waals surface area contributed by atoms with Gasteiger partial charge in [0.1, 0.15) is 0 Å². The van der Waals surface area contributed by atoms with Crippen LogP contribution in [0.4, 0.5) is 0 Å². The zero-order valence-electron chi connectivity index (χ0n) is 10.8. The average molecular weight is 262 g/mol. The smallest absolute Gasteiger partial charge is 0.183 e. The van der Waals surface area contributed by atoms with E-state index in [9.17, 15) is 4.79 Å². The highest BCUT2D eigenvalue weighted by atomic mass is 35.5. The number of aryl methyl sites for hydroxylation is 1. The van der Waals surface area contributed by atoms with E-state index in [2.05, 4.69) is 4.98 Å². The van der Waals surface area contributed by atoms with Crippen LogP contribution in [0.15, 0.2) is 24.3 Å². The van der Waals surface area contributed by atoms with Crippen molar-refractivity contribution in [3.8, 4) is 0 Å². The van der Waals surface area contributed by atoms with Crippen molar-refractivity contribution >= 4 is 17.4 Å². The van der Waals surface area contributed by atoms with Gasteiger partial charge in [0, 0.05) is 17.1 Å². The van der Waals surface area contributed by atoms with Gasteiger partial charge in [-0.2, -0.15) is 0 Å². The number of benzene rings is 1. The first-order valence-corrected chi connectivity index (χ1v) is 6.31. The minimum atomic E-state index is 0.0804. The van der Waals surface area contributed by atoms with Gasteiger partial charge in [-0.05, 0) is 43.5 Å². The van der Waals surface area contributed by atoms with Gasteiger partial charge in [-0.3, -0.25) is 4.79 Å². The SMILES string of the molecule is Cc1[nH]c(C(=O)Cc2ccccc2Cl)c(C)c1C. The molecule has 1 aromatic heterocycles. The zero-order chi connectivity index (χ0) is 13.3. The summed E-state index contributed by atoms with van der Waals surface area (Å²) in [5.74, 6) is 0.0804. The van der Waals surface area contributed by atoms with Gasteiger partial charge in [-0.1, -0.05) is 29.8 Å². The largest absolute Gasteiger partial charge is 0.356 e. The molecule has 2 aromatic rings. The maximum Gasteiger partial charge on any atom is 0.183 e. The number of H-pyrrole nitrogens is 1. The van der Waals surface area contributed by atoms with Gasteiger partial charge in [-0.25, -0.2) is 0 Å². The lowest BCUT2D eigenvalue weighted by molar-refractivity contribution is 0.0988. The number of carbonyl (C=O) groups excluding carboxylic acids is 1. The van der Waals surface area contributed by atoms with Crippen LogP contribution in [0.5, 0.6) is 0 Å². The molecule has 1 aromatic carbocycles. The Morgan fingerprint density at radius 1 is 1.17 bits per heavy atom. The summed E-state index contributed by atoms with van der Waals surface area (Å²) >= 11 is 6.07. The van der Waals surface area contributed by atoms with Gasteiger partial charge < -0.3 is 4.98 Å². The summed E-state index contributed by atoms with van der Waals surface area (Å²) in [5.41, 5.74) is 4.80. The molecule has 0 aliphatic rings. The molecule has 1 N–H and O–H groups in total. The third-order valence-electron chi connectivity index (χ3n) is 3.40. The van der Waals surface area contributed by atoms with E-state index >= 15 is 0 Å². The monoisotopic (exact) mass is 261 g/mol. The summed E-state index contributed by atoms with van der Waals surface area (Å²) in [6.07, 6.45) is 0.333. The summed E-state index contributed by atoms with van der Waals surface area (Å²) in [4.78, 5) is 15.4. The predicted octanol–water partition coefficient (Wildman–Crippen LogP) is 4.02. The van der Waals surface area contributed by atoms with Crippen LogP contribution in [0.2, 0.25) is 5.02 Å². The van der Waals surface area contributed by atoms with E-state index in [0.717, 1.165) is 22.4 Å². The topological polar surface area (TPSA) is 32.9 Å². The van der Waals surface area contributed by atoms with Gasteiger partial charge in [0.05, 0.1) is 5.69 Å². The van der Waals surface area contributed by atoms with Crippen molar-refractivity contribution in [1.29, 1.82) is 0 Å². The van der Waals surface area contributed by atoms with Crippen LogP contribution in [0.25, 0.3) is 0 Å². The van der Waals surface area contributed by atoms with Crippen LogP contribution in [-0.2, 0) is 6.42 Å². The maximum absolute atomic E-state index is 12.3. The normalized spacial score (nSPS) is 10.7. The van der Waals surface area contributed by atoms with Crippen LogP contribution < -0.4 is 0 Å². The molecule has 0 saturated heterocycles. The number of hydrogen-bond donors (Lipinski definition) is 1. The molecule has 0 atom stereocenters. The highest BCUT2D eigenvalue weighted by Gasteiger charge is 2.16. The van der Waals surface area contributed by atoms with Crippen molar-refractivity contribution < 1.29 is 4.79 Å². The lowest BCUT2D eigenvalue weighted by atomic mass is 10.0. The molecular formula is C15H16ClNO. The van der Waals surface area contributed by atoms with Crippen molar-refractivity contribution in [1.82, 2.24) is 4.98 Å². The van der Waals surface area contributed by atoms with Crippen LogP contribution in [0.3, 0.4) is 0 Å². The Hall–Kier alpha value is -1.54. The van der Waals surface area contributed by atoms with Crippen molar-refractivity contribution in [3.05, 3.63) is 57.4 Å². The minimum absolute atomic E-state index is 0.0804. The molecule has 0 aliphatic carbocycles. The second-order valence-corrected chi connectivity index (χ2v) is 4.97. The van der Waals surface area contributed by atoms with E-state index in [1.54, 1.807) is 0 Å². The lowest BCUT2D eigenvalue weighted by Gasteiger charge is -2.03. The minimum Gasteiger partial charge on any atom is -0.356 e. The lowest BCUT2D eigenvalue weighted by Crippen LogP contribution is -2.06. The molecule has 0 saturated carbocycles. The molecule has 0 radical (unpaired) electrons. The van der Waals surface area contributed by atoms with Gasteiger partial charge in [0.15, 0.2) is 5.78 Å². The van der Waals surface area contributed by atoms with E-state index in [1.807, 2.05) is 45.0 Å². The summed E-state index contributed by atoms with van der Waals surface area (Å²) in [5, 5.41) is 0.642. The number of halogens is 1. The first-order valence-electron chi connectivity index (χ1n) is 5.93. The molecule has 18 heavy (non-hydrogen) atoms. The first-order chi connectivity index (χ1) is 8.50. The van der Waals surface area contributed by atoms with Crippen molar-refractivity contribution in [2.45, 2.75) is 27.2 Å². The Morgan fingerprint density at radius 3 is 2.39 bits per heavy atom. The van der Waals surface area contributed by atoms with Crippen LogP contribution in [-0.4, -0.2) is 10.8 Å². The molecule has 0 aliphatic heterocycles. The zero-order valence-corrected chi connectivity index (χ0v) is 11.6. The Bertz CT molecular complexity index is 599. The molecule has 0 unspecified atom stereocenters. The van der Waals surface area contributed by atoms with E-state index < -0.39 is 0 Å². The standard InChI is InChI=1S/C15H16ClNO/c1-9-10(2)15(17-11(9)3)14(18)8-12-6-4-5-7-13(12)16/h4-7,17H,8H2,1-3H3. The summed E-state index contributed by atoms with van der Waals surface area (Å²) in [6.45, 7) is 5.97. The first kappa shape index (κ1) is 12.9. The fourth-order valence-corrected chi connectivity index (χ4v) is 2.23. The second kappa shape index (κ2) is 4.99. The number of hydrogen-bond acceptors (Lipinski definition) is 1. The Labute approximate surface area is 112 Å². The molecule has 2 rings (SSSR count).